The molecule has 0 saturated carbocycles. The summed E-state index contributed by atoms with van der Waals surface area (Å²) in [5.41, 5.74) is 0. The molecule has 6 heavy (non-hydrogen) atoms. The van der Waals surface area contributed by atoms with Crippen molar-refractivity contribution in [2.75, 3.05) is 19.9 Å². The summed E-state index contributed by atoms with van der Waals surface area (Å²) >= 11 is 0. The van der Waals surface area contributed by atoms with Crippen LogP contribution in [-0.2, 0) is 9.78 Å². The van der Waals surface area contributed by atoms with E-state index < -0.39 is 0 Å². The molecule has 3 nitrogen and oxygen atoms in total. The molecular formula is C3H7NO2. The Labute approximate surface area is 36.2 Å². The highest BCUT2D eigenvalue weighted by molar-refractivity contribution is 4.36. The number of rotatable bonds is 0. The maximum absolute atomic E-state index is 4.51. The molecule has 0 bridgehead atoms. The van der Waals surface area contributed by atoms with Crippen LogP contribution in [0.2, 0.25) is 0 Å². The second-order valence-corrected chi connectivity index (χ2v) is 1.08. The summed E-state index contributed by atoms with van der Waals surface area (Å²) in [6.45, 7) is 2.10. The number of hydrogen-bond acceptors (Lipinski definition) is 3. The van der Waals surface area contributed by atoms with E-state index in [0.717, 1.165) is 6.54 Å². The number of nitrogens with one attached hydrogen (secondary N) is 1. The van der Waals surface area contributed by atoms with E-state index in [1.807, 2.05) is 0 Å². The monoisotopic (exact) mass is 89.0 g/mol. The van der Waals surface area contributed by atoms with Crippen LogP contribution in [0.15, 0.2) is 0 Å². The summed E-state index contributed by atoms with van der Waals surface area (Å²) in [7, 11) is 0. The van der Waals surface area contributed by atoms with Crippen LogP contribution in [0.5, 0.6) is 0 Å². The molecule has 1 rings (SSSR count). The van der Waals surface area contributed by atoms with E-state index in [0.29, 0.717) is 13.3 Å². The molecule has 0 spiro atoms. The molecule has 1 aliphatic heterocycles. The van der Waals surface area contributed by atoms with Crippen LogP contribution in [0.25, 0.3) is 0 Å². The molecule has 1 heterocycles. The van der Waals surface area contributed by atoms with Gasteiger partial charge in [-0.1, -0.05) is 0 Å². The van der Waals surface area contributed by atoms with Crippen molar-refractivity contribution in [2.24, 2.45) is 0 Å². The summed E-state index contributed by atoms with van der Waals surface area (Å²) in [5, 5.41) is 2.94. The zero-order valence-electron chi connectivity index (χ0n) is 3.44. The summed E-state index contributed by atoms with van der Waals surface area (Å²) in [5.74, 6) is 0. The van der Waals surface area contributed by atoms with E-state index in [-0.39, 0.29) is 0 Å². The summed E-state index contributed by atoms with van der Waals surface area (Å²) in [6.07, 6.45) is 0. The Balaban J connectivity index is 2.00. The van der Waals surface area contributed by atoms with Crippen molar-refractivity contribution in [3.8, 4) is 0 Å². The molecule has 0 aromatic carbocycles. The second kappa shape index (κ2) is 2.12. The van der Waals surface area contributed by atoms with Crippen LogP contribution in [0.1, 0.15) is 0 Å². The highest BCUT2D eigenvalue weighted by Crippen LogP contribution is 1.79. The predicted molar refractivity (Wildman–Crippen MR) is 19.9 cm³/mol. The second-order valence-electron chi connectivity index (χ2n) is 1.08. The molecule has 3 heteroatoms. The Morgan fingerprint density at radius 1 is 1.33 bits per heavy atom. The average Bonchev–Trinajstić information content (AvgIpc) is 1.72. The lowest BCUT2D eigenvalue weighted by Gasteiger charge is -2.09. The van der Waals surface area contributed by atoms with Crippen LogP contribution in [0.4, 0.5) is 0 Å². The highest BCUT2D eigenvalue weighted by Gasteiger charge is 1.93. The Kier molecular flexibility index (Phi) is 1.43. The van der Waals surface area contributed by atoms with Gasteiger partial charge in [-0.3, -0.25) is 5.32 Å². The molecule has 0 unspecified atom stereocenters. The average molecular weight is 89.1 g/mol. The minimum Gasteiger partial charge on any atom is -0.290 e. The van der Waals surface area contributed by atoms with Crippen molar-refractivity contribution in [1.82, 2.24) is 5.32 Å². The molecule has 0 radical (unpaired) electrons. The van der Waals surface area contributed by atoms with Gasteiger partial charge in [0.25, 0.3) is 0 Å². The predicted octanol–water partition coefficient (Wildman–Crippen LogP) is -0.505. The fourth-order valence-corrected chi connectivity index (χ4v) is 0.328. The molecule has 0 atom stereocenters. The summed E-state index contributed by atoms with van der Waals surface area (Å²) in [6, 6.07) is 0. The van der Waals surface area contributed by atoms with E-state index in [4.69, 9.17) is 0 Å². The van der Waals surface area contributed by atoms with Crippen LogP contribution >= 0.6 is 0 Å². The molecular weight excluding hydrogens is 82.0 g/mol. The Morgan fingerprint density at radius 3 is 2.50 bits per heavy atom. The van der Waals surface area contributed by atoms with Gasteiger partial charge >= 0.3 is 0 Å². The van der Waals surface area contributed by atoms with Crippen molar-refractivity contribution in [1.29, 1.82) is 0 Å². The van der Waals surface area contributed by atoms with Crippen molar-refractivity contribution < 1.29 is 9.78 Å². The van der Waals surface area contributed by atoms with Gasteiger partial charge in [-0.25, -0.2) is 9.78 Å². The van der Waals surface area contributed by atoms with Gasteiger partial charge in [-0.15, -0.1) is 0 Å². The molecule has 1 saturated heterocycles. The quantitative estimate of drug-likeness (QED) is 0.406. The molecule has 0 aromatic rings. The molecule has 0 amide bonds. The van der Waals surface area contributed by atoms with Crippen molar-refractivity contribution >= 4 is 0 Å². The lowest BCUT2D eigenvalue weighted by molar-refractivity contribution is -0.315. The lowest BCUT2D eigenvalue weighted by atomic mass is 10.7. The fourth-order valence-electron chi connectivity index (χ4n) is 0.328. The zero-order valence-corrected chi connectivity index (χ0v) is 3.44. The van der Waals surface area contributed by atoms with Crippen LogP contribution in [0.3, 0.4) is 0 Å². The fraction of sp³-hybridized carbons (Fsp3) is 1.00. The molecule has 1 aliphatic rings. The number of hydrogen-bond donors (Lipinski definition) is 1. The van der Waals surface area contributed by atoms with Gasteiger partial charge in [-0.05, 0) is 0 Å². The first-order valence-corrected chi connectivity index (χ1v) is 1.95. The van der Waals surface area contributed by atoms with Crippen LogP contribution in [0, 0.1) is 0 Å². The van der Waals surface area contributed by atoms with E-state index in [2.05, 4.69) is 15.1 Å². The first kappa shape index (κ1) is 4.05. The molecule has 0 aliphatic carbocycles. The third kappa shape index (κ3) is 0.931. The standard InChI is InChI=1S/C3H7NO2/c1-2-5-6-3-4-1/h4H,1-3H2. The minimum atomic E-state index is 0.528. The smallest absolute Gasteiger partial charge is 0.133 e. The summed E-state index contributed by atoms with van der Waals surface area (Å²) < 4.78 is 0. The van der Waals surface area contributed by atoms with Crippen molar-refractivity contribution in [3.63, 3.8) is 0 Å². The largest absolute Gasteiger partial charge is 0.290 e. The molecule has 36 valence electrons. The molecule has 1 N–H and O–H groups in total. The Bertz CT molecular complexity index is 24.3. The summed E-state index contributed by atoms with van der Waals surface area (Å²) in [4.78, 5) is 8.97. The normalized spacial score (nSPS) is 24.0. The Morgan fingerprint density at radius 2 is 2.33 bits per heavy atom. The van der Waals surface area contributed by atoms with Crippen molar-refractivity contribution in [2.45, 2.75) is 0 Å². The third-order valence-electron chi connectivity index (χ3n) is 0.606. The van der Waals surface area contributed by atoms with Gasteiger partial charge in [0.2, 0.25) is 0 Å². The molecule has 1 fully saturated rings. The van der Waals surface area contributed by atoms with Gasteiger partial charge in [0.1, 0.15) is 6.73 Å². The van der Waals surface area contributed by atoms with Crippen molar-refractivity contribution in [3.05, 3.63) is 0 Å². The lowest BCUT2D eigenvalue weighted by Crippen LogP contribution is -2.28. The van der Waals surface area contributed by atoms with Gasteiger partial charge in [-0.2, -0.15) is 0 Å². The molecule has 0 aromatic heterocycles. The van der Waals surface area contributed by atoms with Gasteiger partial charge in [0.05, 0.1) is 6.61 Å². The first-order valence-electron chi connectivity index (χ1n) is 1.95. The maximum Gasteiger partial charge on any atom is 0.133 e. The topological polar surface area (TPSA) is 30.5 Å². The van der Waals surface area contributed by atoms with E-state index in [1.54, 1.807) is 0 Å². The zero-order chi connectivity index (χ0) is 4.24. The highest BCUT2D eigenvalue weighted by atomic mass is 17.2. The minimum absolute atomic E-state index is 0.528. The van der Waals surface area contributed by atoms with Crippen LogP contribution in [-0.4, -0.2) is 19.9 Å². The van der Waals surface area contributed by atoms with Gasteiger partial charge in [0.15, 0.2) is 0 Å². The van der Waals surface area contributed by atoms with E-state index in [9.17, 15) is 0 Å². The van der Waals surface area contributed by atoms with E-state index >= 15 is 0 Å². The van der Waals surface area contributed by atoms with Gasteiger partial charge in [0, 0.05) is 6.54 Å². The van der Waals surface area contributed by atoms with Gasteiger partial charge < -0.3 is 0 Å². The van der Waals surface area contributed by atoms with E-state index in [1.165, 1.54) is 0 Å². The Hall–Kier alpha value is -0.120. The maximum atomic E-state index is 4.51. The third-order valence-corrected chi connectivity index (χ3v) is 0.606. The van der Waals surface area contributed by atoms with Crippen LogP contribution < -0.4 is 5.32 Å². The SMILES string of the molecule is C1COOCN1. The first-order chi connectivity index (χ1) is 3.00.